The van der Waals surface area contributed by atoms with Gasteiger partial charge in [-0.3, -0.25) is 4.79 Å². The molecule has 1 aliphatic heterocycles. The molecular weight excluding hydrogens is 260 g/mol. The number of aromatic nitrogens is 4. The van der Waals surface area contributed by atoms with Gasteiger partial charge in [0.25, 0.3) is 5.91 Å². The molecule has 8 nitrogen and oxygen atoms in total. The number of carbonyl (C=O) groups is 1. The zero-order valence-electron chi connectivity index (χ0n) is 10.7. The minimum Gasteiger partial charge on any atom is -0.356 e. The second-order valence-electron chi connectivity index (χ2n) is 4.57. The summed E-state index contributed by atoms with van der Waals surface area (Å²) in [5.41, 5.74) is -0.257. The predicted octanol–water partition coefficient (Wildman–Crippen LogP) is 0.345. The van der Waals surface area contributed by atoms with Gasteiger partial charge >= 0.3 is 5.69 Å². The van der Waals surface area contributed by atoms with Crippen LogP contribution in [0.5, 0.6) is 0 Å². The van der Waals surface area contributed by atoms with Crippen LogP contribution in [0.1, 0.15) is 23.3 Å². The fraction of sp³-hybridized carbons (Fsp3) is 0.333. The maximum absolute atomic E-state index is 11.9. The highest BCUT2D eigenvalue weighted by Crippen LogP contribution is 2.19. The van der Waals surface area contributed by atoms with E-state index < -0.39 is 11.6 Å². The Bertz CT molecular complexity index is 670. The summed E-state index contributed by atoms with van der Waals surface area (Å²) < 4.78 is 0. The van der Waals surface area contributed by atoms with E-state index in [1.807, 2.05) is 0 Å². The predicted molar refractivity (Wildman–Crippen MR) is 72.8 cm³/mol. The van der Waals surface area contributed by atoms with Crippen molar-refractivity contribution in [3.05, 3.63) is 34.8 Å². The van der Waals surface area contributed by atoms with Crippen LogP contribution in [0.15, 0.2) is 23.4 Å². The van der Waals surface area contributed by atoms with E-state index in [4.69, 9.17) is 0 Å². The van der Waals surface area contributed by atoms with E-state index in [0.29, 0.717) is 5.82 Å². The minimum absolute atomic E-state index is 0.163. The number of hydrogen-bond acceptors (Lipinski definition) is 5. The highest BCUT2D eigenvalue weighted by molar-refractivity contribution is 6.02. The van der Waals surface area contributed by atoms with Crippen molar-refractivity contribution in [2.75, 3.05) is 23.3 Å². The van der Waals surface area contributed by atoms with E-state index in [1.165, 1.54) is 12.5 Å². The van der Waals surface area contributed by atoms with Crippen LogP contribution < -0.4 is 15.9 Å². The molecule has 2 aromatic rings. The quantitative estimate of drug-likeness (QED) is 0.748. The molecule has 0 unspecified atom stereocenters. The largest absolute Gasteiger partial charge is 0.356 e. The molecule has 0 bridgehead atoms. The van der Waals surface area contributed by atoms with Gasteiger partial charge in [0.1, 0.15) is 23.7 Å². The van der Waals surface area contributed by atoms with Gasteiger partial charge in [0.05, 0.1) is 0 Å². The third kappa shape index (κ3) is 2.53. The Kier molecular flexibility index (Phi) is 3.20. The maximum Gasteiger partial charge on any atom is 0.323 e. The number of anilines is 2. The monoisotopic (exact) mass is 274 g/mol. The third-order valence-corrected chi connectivity index (χ3v) is 3.16. The molecule has 0 atom stereocenters. The molecule has 0 aliphatic carbocycles. The lowest BCUT2D eigenvalue weighted by Crippen LogP contribution is -2.20. The van der Waals surface area contributed by atoms with E-state index in [-0.39, 0.29) is 5.69 Å². The summed E-state index contributed by atoms with van der Waals surface area (Å²) in [6.07, 6.45) is 5.04. The van der Waals surface area contributed by atoms with E-state index in [0.717, 1.165) is 31.7 Å². The van der Waals surface area contributed by atoms with Crippen molar-refractivity contribution < 1.29 is 4.79 Å². The number of aromatic amines is 2. The lowest BCUT2D eigenvalue weighted by Gasteiger charge is -2.16. The zero-order valence-corrected chi connectivity index (χ0v) is 10.7. The lowest BCUT2D eigenvalue weighted by molar-refractivity contribution is 0.102. The molecule has 3 heterocycles. The van der Waals surface area contributed by atoms with Crippen LogP contribution in [0.4, 0.5) is 11.6 Å². The third-order valence-electron chi connectivity index (χ3n) is 3.16. The molecule has 3 rings (SSSR count). The molecule has 1 aliphatic rings. The van der Waals surface area contributed by atoms with Crippen molar-refractivity contribution in [1.29, 1.82) is 0 Å². The van der Waals surface area contributed by atoms with Crippen LogP contribution in [0.3, 0.4) is 0 Å². The van der Waals surface area contributed by atoms with E-state index in [2.05, 4.69) is 30.2 Å². The van der Waals surface area contributed by atoms with Gasteiger partial charge in [-0.1, -0.05) is 0 Å². The highest BCUT2D eigenvalue weighted by Gasteiger charge is 2.15. The summed E-state index contributed by atoms with van der Waals surface area (Å²) in [4.78, 5) is 38.0. The Labute approximate surface area is 114 Å². The average Bonchev–Trinajstić information content (AvgIpc) is 3.10. The van der Waals surface area contributed by atoms with E-state index in [1.54, 1.807) is 6.07 Å². The summed E-state index contributed by atoms with van der Waals surface area (Å²) in [6.45, 7) is 1.94. The van der Waals surface area contributed by atoms with Gasteiger partial charge in [0, 0.05) is 25.4 Å². The molecule has 0 spiro atoms. The number of nitrogens with zero attached hydrogens (tertiary/aromatic N) is 3. The number of hydrogen-bond donors (Lipinski definition) is 3. The zero-order chi connectivity index (χ0) is 13.9. The first-order valence-electron chi connectivity index (χ1n) is 6.38. The van der Waals surface area contributed by atoms with Crippen molar-refractivity contribution in [2.24, 2.45) is 0 Å². The SMILES string of the molecule is O=C(Nc1cc(N2CCCC2)ncn1)c1c[nH]c(=O)[nH]1. The fourth-order valence-corrected chi connectivity index (χ4v) is 2.17. The van der Waals surface area contributed by atoms with Crippen LogP contribution >= 0.6 is 0 Å². The van der Waals surface area contributed by atoms with Crippen LogP contribution in [0, 0.1) is 0 Å². The Balaban J connectivity index is 1.75. The van der Waals surface area contributed by atoms with Crippen LogP contribution in [0.25, 0.3) is 0 Å². The Morgan fingerprint density at radius 1 is 1.30 bits per heavy atom. The summed E-state index contributed by atoms with van der Waals surface area (Å²) in [5, 5.41) is 2.63. The van der Waals surface area contributed by atoms with Gasteiger partial charge < -0.3 is 20.2 Å². The van der Waals surface area contributed by atoms with Gasteiger partial charge in [-0.05, 0) is 12.8 Å². The first kappa shape index (κ1) is 12.4. The van der Waals surface area contributed by atoms with Crippen molar-refractivity contribution in [1.82, 2.24) is 19.9 Å². The van der Waals surface area contributed by atoms with Crippen molar-refractivity contribution >= 4 is 17.5 Å². The van der Waals surface area contributed by atoms with Gasteiger partial charge in [-0.2, -0.15) is 0 Å². The number of amides is 1. The summed E-state index contributed by atoms with van der Waals surface area (Å²) in [5.74, 6) is 0.790. The Hall–Kier alpha value is -2.64. The summed E-state index contributed by atoms with van der Waals surface area (Å²) >= 11 is 0. The number of carbonyl (C=O) groups excluding carboxylic acids is 1. The topological polar surface area (TPSA) is 107 Å². The Morgan fingerprint density at radius 2 is 2.10 bits per heavy atom. The molecule has 0 aromatic carbocycles. The second-order valence-corrected chi connectivity index (χ2v) is 4.57. The van der Waals surface area contributed by atoms with Crippen LogP contribution in [0.2, 0.25) is 0 Å². The fourth-order valence-electron chi connectivity index (χ4n) is 2.17. The molecule has 3 N–H and O–H groups in total. The second kappa shape index (κ2) is 5.16. The number of nitrogens with one attached hydrogen (secondary N) is 3. The summed E-state index contributed by atoms with van der Waals surface area (Å²) in [6, 6.07) is 1.73. The van der Waals surface area contributed by atoms with E-state index >= 15 is 0 Å². The number of imidazole rings is 1. The molecule has 8 heteroatoms. The molecular formula is C12H14N6O2. The minimum atomic E-state index is -0.422. The standard InChI is InChI=1S/C12H14N6O2/c19-11(8-6-13-12(20)16-8)17-9-5-10(15-7-14-9)18-3-1-2-4-18/h5-7H,1-4H2,(H2,13,16,20)(H,14,15,17,19). The molecule has 1 saturated heterocycles. The molecule has 20 heavy (non-hydrogen) atoms. The lowest BCUT2D eigenvalue weighted by atomic mass is 10.4. The van der Waals surface area contributed by atoms with Crippen LogP contribution in [-0.4, -0.2) is 38.9 Å². The summed E-state index contributed by atoms with van der Waals surface area (Å²) in [7, 11) is 0. The van der Waals surface area contributed by atoms with E-state index in [9.17, 15) is 9.59 Å². The molecule has 2 aromatic heterocycles. The van der Waals surface area contributed by atoms with Gasteiger partial charge in [-0.25, -0.2) is 14.8 Å². The molecule has 0 radical (unpaired) electrons. The first-order valence-corrected chi connectivity index (χ1v) is 6.38. The molecule has 1 amide bonds. The average molecular weight is 274 g/mol. The number of H-pyrrole nitrogens is 2. The number of rotatable bonds is 3. The molecule has 0 saturated carbocycles. The normalized spacial score (nSPS) is 14.5. The maximum atomic E-state index is 11.9. The van der Waals surface area contributed by atoms with Crippen molar-refractivity contribution in [3.8, 4) is 0 Å². The first-order chi connectivity index (χ1) is 9.72. The van der Waals surface area contributed by atoms with Gasteiger partial charge in [-0.15, -0.1) is 0 Å². The van der Waals surface area contributed by atoms with Gasteiger partial charge in [0.15, 0.2) is 0 Å². The smallest absolute Gasteiger partial charge is 0.323 e. The van der Waals surface area contributed by atoms with Crippen molar-refractivity contribution in [3.63, 3.8) is 0 Å². The Morgan fingerprint density at radius 3 is 2.80 bits per heavy atom. The van der Waals surface area contributed by atoms with Crippen molar-refractivity contribution in [2.45, 2.75) is 12.8 Å². The van der Waals surface area contributed by atoms with Crippen LogP contribution in [-0.2, 0) is 0 Å². The highest BCUT2D eigenvalue weighted by atomic mass is 16.2. The van der Waals surface area contributed by atoms with Gasteiger partial charge in [0.2, 0.25) is 0 Å². The molecule has 104 valence electrons. The molecule has 1 fully saturated rings.